The Morgan fingerprint density at radius 1 is 1.17 bits per heavy atom. The standard InChI is InChI=1S/C16H14N4O4/c1-18-13-4-2-3-5-14(13)19(16(22)15(18)21)17-10-11-6-8-12(9-7-11)20(23)24/h2-10,16,22H,1H3. The highest BCUT2D eigenvalue weighted by molar-refractivity contribution is 6.04. The third-order valence-electron chi connectivity index (χ3n) is 3.71. The predicted octanol–water partition coefficient (Wildman–Crippen LogP) is 1.73. The van der Waals surface area contributed by atoms with Crippen LogP contribution in [0.5, 0.6) is 0 Å². The smallest absolute Gasteiger partial charge is 0.278 e. The number of hydrogen-bond acceptors (Lipinski definition) is 6. The molecule has 0 saturated heterocycles. The number of likely N-dealkylation sites (N-methyl/N-ethyl adjacent to an activating group) is 1. The normalized spacial score (nSPS) is 17.2. The molecule has 2 aromatic carbocycles. The van der Waals surface area contributed by atoms with Gasteiger partial charge in [-0.1, -0.05) is 12.1 Å². The van der Waals surface area contributed by atoms with Crippen LogP contribution in [0.15, 0.2) is 53.6 Å². The number of hydrogen-bond donors (Lipinski definition) is 1. The van der Waals surface area contributed by atoms with Crippen molar-refractivity contribution in [3.05, 3.63) is 64.2 Å². The molecular weight excluding hydrogens is 312 g/mol. The van der Waals surface area contributed by atoms with E-state index in [0.29, 0.717) is 16.9 Å². The first kappa shape index (κ1) is 15.6. The van der Waals surface area contributed by atoms with Gasteiger partial charge in [-0.15, -0.1) is 0 Å². The van der Waals surface area contributed by atoms with Gasteiger partial charge >= 0.3 is 0 Å². The lowest BCUT2D eigenvalue weighted by molar-refractivity contribution is -0.384. The maximum atomic E-state index is 12.1. The summed E-state index contributed by atoms with van der Waals surface area (Å²) in [6.07, 6.45) is 0.00156. The number of hydrazone groups is 1. The van der Waals surface area contributed by atoms with Gasteiger partial charge in [0.25, 0.3) is 11.6 Å². The van der Waals surface area contributed by atoms with Crippen molar-refractivity contribution >= 4 is 29.2 Å². The first-order chi connectivity index (χ1) is 11.5. The molecule has 0 spiro atoms. The van der Waals surface area contributed by atoms with Gasteiger partial charge in [0.15, 0.2) is 0 Å². The third kappa shape index (κ3) is 2.70. The van der Waals surface area contributed by atoms with Gasteiger partial charge in [-0.3, -0.25) is 14.9 Å². The van der Waals surface area contributed by atoms with E-state index in [0.717, 1.165) is 0 Å². The van der Waals surface area contributed by atoms with Crippen molar-refractivity contribution in [2.75, 3.05) is 17.0 Å². The Bertz CT molecular complexity index is 819. The molecule has 0 aliphatic carbocycles. The van der Waals surface area contributed by atoms with Gasteiger partial charge < -0.3 is 10.0 Å². The van der Waals surface area contributed by atoms with E-state index in [1.54, 1.807) is 31.3 Å². The fourth-order valence-corrected chi connectivity index (χ4v) is 2.41. The van der Waals surface area contributed by atoms with Crippen LogP contribution in [0.1, 0.15) is 5.56 Å². The molecule has 1 heterocycles. The number of carbonyl (C=O) groups is 1. The largest absolute Gasteiger partial charge is 0.364 e. The van der Waals surface area contributed by atoms with Crippen molar-refractivity contribution in [1.29, 1.82) is 0 Å². The van der Waals surface area contributed by atoms with Crippen LogP contribution in [0.3, 0.4) is 0 Å². The van der Waals surface area contributed by atoms with Crippen LogP contribution in [0, 0.1) is 10.1 Å². The molecule has 1 amide bonds. The zero-order valence-electron chi connectivity index (χ0n) is 12.7. The SMILES string of the molecule is CN1C(=O)C(O)N(N=Cc2ccc([N+](=O)[O-])cc2)c2ccccc21. The molecule has 122 valence electrons. The van der Waals surface area contributed by atoms with Crippen molar-refractivity contribution in [3.63, 3.8) is 0 Å². The summed E-state index contributed by atoms with van der Waals surface area (Å²) in [6, 6.07) is 12.9. The van der Waals surface area contributed by atoms with E-state index in [9.17, 15) is 20.0 Å². The molecule has 1 atom stereocenters. The van der Waals surface area contributed by atoms with Crippen LogP contribution in [0.25, 0.3) is 0 Å². The van der Waals surface area contributed by atoms with Gasteiger partial charge in [0, 0.05) is 19.2 Å². The minimum atomic E-state index is -1.43. The average molecular weight is 326 g/mol. The highest BCUT2D eigenvalue weighted by atomic mass is 16.6. The Hall–Kier alpha value is -3.26. The lowest BCUT2D eigenvalue weighted by Crippen LogP contribution is -2.50. The summed E-state index contributed by atoms with van der Waals surface area (Å²) in [6.45, 7) is 0. The van der Waals surface area contributed by atoms with Gasteiger partial charge in [0.05, 0.1) is 22.5 Å². The molecule has 0 aromatic heterocycles. The van der Waals surface area contributed by atoms with Crippen molar-refractivity contribution in [1.82, 2.24) is 0 Å². The number of rotatable bonds is 3. The Labute approximate surface area is 137 Å². The van der Waals surface area contributed by atoms with E-state index in [-0.39, 0.29) is 5.69 Å². The summed E-state index contributed by atoms with van der Waals surface area (Å²) in [4.78, 5) is 23.7. The van der Waals surface area contributed by atoms with E-state index in [4.69, 9.17) is 0 Å². The first-order valence-corrected chi connectivity index (χ1v) is 7.11. The predicted molar refractivity (Wildman–Crippen MR) is 89.0 cm³/mol. The maximum Gasteiger partial charge on any atom is 0.278 e. The number of fused-ring (bicyclic) bond motifs is 1. The molecule has 3 rings (SSSR count). The second-order valence-corrected chi connectivity index (χ2v) is 5.20. The lowest BCUT2D eigenvalue weighted by atomic mass is 10.2. The quantitative estimate of drug-likeness (QED) is 0.526. The monoisotopic (exact) mass is 326 g/mol. The summed E-state index contributed by atoms with van der Waals surface area (Å²) in [5.74, 6) is -0.491. The van der Waals surface area contributed by atoms with Gasteiger partial charge in [-0.25, -0.2) is 5.01 Å². The molecule has 0 radical (unpaired) electrons. The number of aliphatic hydroxyl groups excluding tert-OH is 1. The van der Waals surface area contributed by atoms with Crippen molar-refractivity contribution in [2.45, 2.75) is 6.23 Å². The topological polar surface area (TPSA) is 99.3 Å². The number of nitro groups is 1. The molecule has 0 bridgehead atoms. The van der Waals surface area contributed by atoms with Crippen LogP contribution in [-0.4, -0.2) is 35.4 Å². The van der Waals surface area contributed by atoms with Crippen molar-refractivity contribution in [3.8, 4) is 0 Å². The van der Waals surface area contributed by atoms with Gasteiger partial charge in [-0.05, 0) is 29.8 Å². The number of amides is 1. The number of para-hydroxylation sites is 2. The first-order valence-electron chi connectivity index (χ1n) is 7.11. The van der Waals surface area contributed by atoms with Crippen LogP contribution < -0.4 is 9.91 Å². The van der Waals surface area contributed by atoms with Crippen LogP contribution in [0.4, 0.5) is 17.1 Å². The Kier molecular flexibility index (Phi) is 3.97. The van der Waals surface area contributed by atoms with Gasteiger partial charge in [0.1, 0.15) is 0 Å². The van der Waals surface area contributed by atoms with Crippen molar-refractivity contribution in [2.24, 2.45) is 5.10 Å². The van der Waals surface area contributed by atoms with Gasteiger partial charge in [0.2, 0.25) is 6.23 Å². The Balaban J connectivity index is 1.92. The maximum absolute atomic E-state index is 12.1. The number of aliphatic hydroxyl groups is 1. The number of nitrogens with zero attached hydrogens (tertiary/aromatic N) is 4. The van der Waals surface area contributed by atoms with Crippen LogP contribution in [0.2, 0.25) is 0 Å². The molecule has 8 heteroatoms. The average Bonchev–Trinajstić information content (AvgIpc) is 2.60. The molecule has 1 aliphatic rings. The zero-order valence-corrected chi connectivity index (χ0v) is 12.7. The summed E-state index contributed by atoms with van der Waals surface area (Å²) >= 11 is 0. The van der Waals surface area contributed by atoms with E-state index in [1.165, 1.54) is 40.4 Å². The number of nitro benzene ring substituents is 1. The highest BCUT2D eigenvalue weighted by Crippen LogP contribution is 2.34. The molecular formula is C16H14N4O4. The van der Waals surface area contributed by atoms with Gasteiger partial charge in [-0.2, -0.15) is 5.10 Å². The molecule has 1 unspecified atom stereocenters. The molecule has 2 aromatic rings. The number of non-ortho nitro benzene ring substituents is 1. The van der Waals surface area contributed by atoms with E-state index in [1.807, 2.05) is 0 Å². The summed E-state index contributed by atoms with van der Waals surface area (Å²) < 4.78 is 0. The fourth-order valence-electron chi connectivity index (χ4n) is 2.41. The van der Waals surface area contributed by atoms with E-state index >= 15 is 0 Å². The summed E-state index contributed by atoms with van der Waals surface area (Å²) in [5, 5.41) is 26.2. The molecule has 0 saturated carbocycles. The summed E-state index contributed by atoms with van der Waals surface area (Å²) in [5.41, 5.74) is 1.81. The lowest BCUT2D eigenvalue weighted by Gasteiger charge is -2.35. The van der Waals surface area contributed by atoms with Crippen LogP contribution in [-0.2, 0) is 4.79 Å². The van der Waals surface area contributed by atoms with E-state index < -0.39 is 17.1 Å². The summed E-state index contributed by atoms with van der Waals surface area (Å²) in [7, 11) is 1.59. The molecule has 24 heavy (non-hydrogen) atoms. The number of anilines is 2. The van der Waals surface area contributed by atoms with Crippen LogP contribution >= 0.6 is 0 Å². The fraction of sp³-hybridized carbons (Fsp3) is 0.125. The molecule has 1 aliphatic heterocycles. The van der Waals surface area contributed by atoms with Crippen molar-refractivity contribution < 1.29 is 14.8 Å². The highest BCUT2D eigenvalue weighted by Gasteiger charge is 2.35. The second-order valence-electron chi connectivity index (χ2n) is 5.20. The minimum absolute atomic E-state index is 0.0210. The number of carbonyl (C=O) groups excluding carboxylic acids is 1. The third-order valence-corrected chi connectivity index (χ3v) is 3.71. The Morgan fingerprint density at radius 3 is 2.42 bits per heavy atom. The van der Waals surface area contributed by atoms with E-state index in [2.05, 4.69) is 5.10 Å². The minimum Gasteiger partial charge on any atom is -0.364 e. The molecule has 1 N–H and O–H groups in total. The molecule has 0 fully saturated rings. The number of benzene rings is 2. The Morgan fingerprint density at radius 2 is 1.79 bits per heavy atom. The second kappa shape index (κ2) is 6.09. The zero-order chi connectivity index (χ0) is 17.3. The molecule has 8 nitrogen and oxygen atoms in total.